The predicted molar refractivity (Wildman–Crippen MR) is 70.6 cm³/mol. The Hall–Kier alpha value is -0.870. The molecule has 0 radical (unpaired) electrons. The second-order valence-corrected chi connectivity index (χ2v) is 4.68. The summed E-state index contributed by atoms with van der Waals surface area (Å²) < 4.78 is 0.539. The lowest BCUT2D eigenvalue weighted by Crippen LogP contribution is -2.15. The number of hydrogen-bond acceptors (Lipinski definition) is 2. The van der Waals surface area contributed by atoms with Gasteiger partial charge in [-0.1, -0.05) is 42.0 Å². The minimum absolute atomic E-state index is 0.539. The molecule has 0 amide bonds. The molecule has 0 saturated heterocycles. The van der Waals surface area contributed by atoms with Crippen LogP contribution in [0.2, 0.25) is 0 Å². The van der Waals surface area contributed by atoms with Crippen molar-refractivity contribution in [2.24, 2.45) is 5.10 Å². The third kappa shape index (κ3) is 2.38. The minimum atomic E-state index is 0.539. The molecule has 2 rings (SSSR count). The van der Waals surface area contributed by atoms with Crippen molar-refractivity contribution in [3.05, 3.63) is 35.4 Å². The first-order valence-corrected chi connectivity index (χ1v) is 5.67. The molecular weight excluding hydrogens is 224 g/mol. The van der Waals surface area contributed by atoms with E-state index in [-0.39, 0.29) is 0 Å². The summed E-state index contributed by atoms with van der Waals surface area (Å²) in [5.41, 5.74) is 3.53. The molecule has 15 heavy (non-hydrogen) atoms. The third-order valence-electron chi connectivity index (χ3n) is 2.41. The molecule has 1 aromatic carbocycles. The average Bonchev–Trinajstić information content (AvgIpc) is 2.68. The van der Waals surface area contributed by atoms with Gasteiger partial charge in [-0.25, -0.2) is 5.01 Å². The largest absolute Gasteiger partial charge is 0.248 e. The summed E-state index contributed by atoms with van der Waals surface area (Å²) in [4.78, 5) is 0. The third-order valence-corrected chi connectivity index (χ3v) is 2.85. The summed E-state index contributed by atoms with van der Waals surface area (Å²) >= 11 is 9.07. The highest BCUT2D eigenvalue weighted by atomic mass is 32.1. The van der Waals surface area contributed by atoms with Crippen LogP contribution < -0.4 is 0 Å². The second kappa shape index (κ2) is 4.33. The summed E-state index contributed by atoms with van der Waals surface area (Å²) in [6.07, 6.45) is 0.934. The molecule has 0 N–H and O–H groups in total. The minimum Gasteiger partial charge on any atom is -0.248 e. The fraction of sp³-hybridized carbons (Fsp3) is 0.273. The lowest BCUT2D eigenvalue weighted by Gasteiger charge is -2.08. The van der Waals surface area contributed by atoms with Crippen LogP contribution >= 0.6 is 24.8 Å². The average molecular weight is 236 g/mol. The van der Waals surface area contributed by atoms with Crippen LogP contribution in [-0.4, -0.2) is 21.6 Å². The number of aryl methyl sites for hydroxylation is 1. The molecule has 0 saturated carbocycles. The molecule has 1 aliphatic heterocycles. The van der Waals surface area contributed by atoms with Gasteiger partial charge in [-0.3, -0.25) is 0 Å². The fourth-order valence-corrected chi connectivity index (χ4v) is 1.82. The molecule has 4 heteroatoms. The van der Waals surface area contributed by atoms with E-state index in [1.807, 2.05) is 0 Å². The standard InChI is InChI=1S/C11H12N2S2/c1-8-2-4-9(5-3-8)10-6-7-13(12-10)11(14)15/h2-5H,6-7H2,1H3,(H,14,15). The molecule has 1 aromatic rings. The number of thiol groups is 1. The Labute approximate surface area is 100 Å². The maximum Gasteiger partial charge on any atom is 0.153 e. The molecule has 0 fully saturated rings. The van der Waals surface area contributed by atoms with Crippen molar-refractivity contribution in [3.63, 3.8) is 0 Å². The molecule has 0 unspecified atom stereocenters. The van der Waals surface area contributed by atoms with Crippen LogP contribution in [-0.2, 0) is 0 Å². The Morgan fingerprint density at radius 2 is 2.07 bits per heavy atom. The van der Waals surface area contributed by atoms with E-state index in [4.69, 9.17) is 12.2 Å². The van der Waals surface area contributed by atoms with Crippen LogP contribution in [0.3, 0.4) is 0 Å². The molecule has 0 bridgehead atoms. The van der Waals surface area contributed by atoms with Gasteiger partial charge in [0.05, 0.1) is 5.71 Å². The molecule has 1 heterocycles. The number of hydrogen-bond donors (Lipinski definition) is 1. The first-order chi connectivity index (χ1) is 7.16. The molecule has 0 aliphatic carbocycles. The highest BCUT2D eigenvalue weighted by Gasteiger charge is 2.16. The normalized spacial score (nSPS) is 15.3. The van der Waals surface area contributed by atoms with Gasteiger partial charge in [0.1, 0.15) is 0 Å². The number of benzene rings is 1. The quantitative estimate of drug-likeness (QED) is 0.596. The van der Waals surface area contributed by atoms with E-state index in [9.17, 15) is 0 Å². The summed E-state index contributed by atoms with van der Waals surface area (Å²) in [6, 6.07) is 8.39. The molecular formula is C11H12N2S2. The molecule has 0 atom stereocenters. The van der Waals surface area contributed by atoms with Crippen LogP contribution in [0.1, 0.15) is 17.5 Å². The Balaban J connectivity index is 2.22. The smallest absolute Gasteiger partial charge is 0.153 e. The zero-order chi connectivity index (χ0) is 10.8. The van der Waals surface area contributed by atoms with Crippen molar-refractivity contribution >= 4 is 34.9 Å². The van der Waals surface area contributed by atoms with Crippen molar-refractivity contribution in [2.75, 3.05) is 6.54 Å². The lowest BCUT2D eigenvalue weighted by molar-refractivity contribution is 0.510. The predicted octanol–water partition coefficient (Wildman–Crippen LogP) is 2.62. The van der Waals surface area contributed by atoms with Gasteiger partial charge in [0.15, 0.2) is 4.32 Å². The molecule has 2 nitrogen and oxygen atoms in total. The first kappa shape index (κ1) is 10.6. The van der Waals surface area contributed by atoms with E-state index >= 15 is 0 Å². The van der Waals surface area contributed by atoms with Crippen molar-refractivity contribution in [1.82, 2.24) is 5.01 Å². The highest BCUT2D eigenvalue weighted by Crippen LogP contribution is 2.15. The van der Waals surface area contributed by atoms with Gasteiger partial charge in [-0.2, -0.15) is 5.10 Å². The summed E-state index contributed by atoms with van der Waals surface area (Å²) in [5, 5.41) is 6.18. The fourth-order valence-electron chi connectivity index (χ4n) is 1.54. The molecule has 78 valence electrons. The van der Waals surface area contributed by atoms with E-state index in [1.54, 1.807) is 5.01 Å². The summed E-state index contributed by atoms with van der Waals surface area (Å²) in [7, 11) is 0. The summed E-state index contributed by atoms with van der Waals surface area (Å²) in [5.74, 6) is 0. The Bertz CT molecular complexity index is 409. The zero-order valence-electron chi connectivity index (χ0n) is 8.47. The Morgan fingerprint density at radius 1 is 1.40 bits per heavy atom. The van der Waals surface area contributed by atoms with E-state index in [1.165, 1.54) is 11.1 Å². The van der Waals surface area contributed by atoms with Crippen LogP contribution in [0.5, 0.6) is 0 Å². The maximum absolute atomic E-state index is 4.96. The molecule has 0 spiro atoms. The van der Waals surface area contributed by atoms with Crippen LogP contribution in [0.4, 0.5) is 0 Å². The van der Waals surface area contributed by atoms with E-state index in [0.29, 0.717) is 4.32 Å². The second-order valence-electron chi connectivity index (χ2n) is 3.57. The van der Waals surface area contributed by atoms with Gasteiger partial charge in [0.2, 0.25) is 0 Å². The van der Waals surface area contributed by atoms with Crippen molar-refractivity contribution in [3.8, 4) is 0 Å². The number of nitrogens with zero attached hydrogens (tertiary/aromatic N) is 2. The van der Waals surface area contributed by atoms with Gasteiger partial charge < -0.3 is 0 Å². The zero-order valence-corrected chi connectivity index (χ0v) is 10.2. The van der Waals surface area contributed by atoms with Gasteiger partial charge >= 0.3 is 0 Å². The topological polar surface area (TPSA) is 15.6 Å². The van der Waals surface area contributed by atoms with Crippen molar-refractivity contribution in [2.45, 2.75) is 13.3 Å². The molecule has 1 aliphatic rings. The number of hydrazone groups is 1. The highest BCUT2D eigenvalue weighted by molar-refractivity contribution is 8.10. The van der Waals surface area contributed by atoms with Crippen molar-refractivity contribution < 1.29 is 0 Å². The number of thiocarbonyl (C=S) groups is 1. The van der Waals surface area contributed by atoms with Crippen LogP contribution in [0, 0.1) is 6.92 Å². The Morgan fingerprint density at radius 3 is 2.60 bits per heavy atom. The molecule has 0 aromatic heterocycles. The Kier molecular flexibility index (Phi) is 3.07. The van der Waals surface area contributed by atoms with E-state index in [0.717, 1.165) is 18.7 Å². The SMILES string of the molecule is Cc1ccc(C2=NN(C(=S)S)CC2)cc1. The van der Waals surface area contributed by atoms with Crippen LogP contribution in [0.15, 0.2) is 29.4 Å². The maximum atomic E-state index is 4.96. The first-order valence-electron chi connectivity index (χ1n) is 4.82. The van der Waals surface area contributed by atoms with Gasteiger partial charge in [-0.15, -0.1) is 12.6 Å². The van der Waals surface area contributed by atoms with E-state index < -0.39 is 0 Å². The van der Waals surface area contributed by atoms with Gasteiger partial charge in [0.25, 0.3) is 0 Å². The van der Waals surface area contributed by atoms with E-state index in [2.05, 4.69) is 48.9 Å². The van der Waals surface area contributed by atoms with Crippen LogP contribution in [0.25, 0.3) is 0 Å². The lowest BCUT2D eigenvalue weighted by atomic mass is 10.1. The van der Waals surface area contributed by atoms with Gasteiger partial charge in [0, 0.05) is 13.0 Å². The van der Waals surface area contributed by atoms with Gasteiger partial charge in [-0.05, 0) is 12.5 Å². The monoisotopic (exact) mass is 236 g/mol. The summed E-state index contributed by atoms with van der Waals surface area (Å²) in [6.45, 7) is 2.92. The van der Waals surface area contributed by atoms with Crippen molar-refractivity contribution in [1.29, 1.82) is 0 Å². The number of rotatable bonds is 1.